The maximum Gasteiger partial charge on any atom is 0.339 e. The Labute approximate surface area is 108 Å². The predicted octanol–water partition coefficient (Wildman–Crippen LogP) is 0.803. The van der Waals surface area contributed by atoms with Crippen LogP contribution in [-0.4, -0.2) is 33.0 Å². The number of ether oxygens (including phenoxy) is 1. The zero-order valence-electron chi connectivity index (χ0n) is 9.43. The molecule has 0 aliphatic rings. The zero-order chi connectivity index (χ0) is 13.9. The number of carbonyl (C=O) groups excluding carboxylic acids is 1. The second-order valence-electron chi connectivity index (χ2n) is 3.21. The van der Waals surface area contributed by atoms with E-state index in [1.807, 2.05) is 0 Å². The van der Waals surface area contributed by atoms with Crippen LogP contribution < -0.4 is 10.5 Å². The average Bonchev–Trinajstić information content (AvgIpc) is 2.29. The smallest absolute Gasteiger partial charge is 0.339 e. The molecule has 0 spiro atoms. The van der Waals surface area contributed by atoms with Crippen molar-refractivity contribution >= 4 is 27.4 Å². The Morgan fingerprint density at radius 3 is 2.50 bits per heavy atom. The highest BCUT2D eigenvalue weighted by molar-refractivity contribution is 7.90. The van der Waals surface area contributed by atoms with Crippen molar-refractivity contribution in [2.45, 2.75) is 4.90 Å². The number of hydrogen-bond donors (Lipinski definition) is 2. The van der Waals surface area contributed by atoms with Crippen molar-refractivity contribution in [2.75, 3.05) is 13.4 Å². The molecule has 0 saturated heterocycles. The van der Waals surface area contributed by atoms with Gasteiger partial charge in [0.05, 0.1) is 12.7 Å². The van der Waals surface area contributed by atoms with Gasteiger partial charge in [-0.2, -0.15) is 0 Å². The second-order valence-corrected chi connectivity index (χ2v) is 5.57. The number of halogens is 1. The first-order chi connectivity index (χ1) is 8.32. The first-order valence-corrected chi connectivity index (χ1v) is 6.76. The van der Waals surface area contributed by atoms with Crippen LogP contribution in [0.5, 0.6) is 5.75 Å². The van der Waals surface area contributed by atoms with Gasteiger partial charge < -0.3 is 9.57 Å². The zero-order valence-corrected chi connectivity index (χ0v) is 11.0. The molecule has 2 N–H and O–H groups in total. The molecule has 100 valence electrons. The highest BCUT2D eigenvalue weighted by Crippen LogP contribution is 2.35. The molecule has 0 atom stereocenters. The molecule has 1 aromatic rings. The van der Waals surface area contributed by atoms with Crippen molar-refractivity contribution in [1.82, 2.24) is 5.64 Å². The SMILES string of the molecule is COC(=O)c1ccc(S(C)(=O)=O)c(ONO)c1Cl. The molecule has 1 aromatic carbocycles. The summed E-state index contributed by atoms with van der Waals surface area (Å²) in [6, 6.07) is 2.31. The van der Waals surface area contributed by atoms with Crippen molar-refractivity contribution in [3.8, 4) is 5.75 Å². The van der Waals surface area contributed by atoms with Gasteiger partial charge in [0.25, 0.3) is 0 Å². The van der Waals surface area contributed by atoms with E-state index in [4.69, 9.17) is 16.8 Å². The van der Waals surface area contributed by atoms with Crippen LogP contribution in [0.25, 0.3) is 0 Å². The molecule has 0 unspecified atom stereocenters. The molecule has 0 fully saturated rings. The summed E-state index contributed by atoms with van der Waals surface area (Å²) in [6.07, 6.45) is 0.931. The fourth-order valence-electron chi connectivity index (χ4n) is 1.24. The summed E-state index contributed by atoms with van der Waals surface area (Å²) in [6.45, 7) is 0. The molecule has 0 bridgehead atoms. The summed E-state index contributed by atoms with van der Waals surface area (Å²) >= 11 is 5.83. The number of carbonyl (C=O) groups is 1. The molecule has 0 aromatic heterocycles. The van der Waals surface area contributed by atoms with Crippen molar-refractivity contribution in [1.29, 1.82) is 0 Å². The maximum atomic E-state index is 11.5. The van der Waals surface area contributed by atoms with Crippen LogP contribution in [0.1, 0.15) is 10.4 Å². The summed E-state index contributed by atoms with van der Waals surface area (Å²) in [5.41, 5.74) is 1.23. The lowest BCUT2D eigenvalue weighted by molar-refractivity contribution is -0.0456. The monoisotopic (exact) mass is 295 g/mol. The van der Waals surface area contributed by atoms with Gasteiger partial charge in [0.15, 0.2) is 15.6 Å². The Balaban J connectivity index is 3.52. The topological polar surface area (TPSA) is 102 Å². The summed E-state index contributed by atoms with van der Waals surface area (Å²) in [5, 5.41) is 8.19. The Kier molecular flexibility index (Phi) is 4.52. The Morgan fingerprint density at radius 1 is 1.44 bits per heavy atom. The van der Waals surface area contributed by atoms with Crippen LogP contribution in [0.4, 0.5) is 0 Å². The van der Waals surface area contributed by atoms with E-state index in [9.17, 15) is 13.2 Å². The second kappa shape index (κ2) is 5.53. The Bertz CT molecular complexity index is 571. The number of hydrogen-bond acceptors (Lipinski definition) is 7. The fraction of sp³-hybridized carbons (Fsp3) is 0.222. The largest absolute Gasteiger partial charge is 0.465 e. The van der Waals surface area contributed by atoms with E-state index in [-0.39, 0.29) is 21.2 Å². The molecule has 0 saturated carbocycles. The quantitative estimate of drug-likeness (QED) is 0.626. The maximum absolute atomic E-state index is 11.5. The summed E-state index contributed by atoms with van der Waals surface area (Å²) in [7, 11) is -2.49. The molecule has 18 heavy (non-hydrogen) atoms. The normalized spacial score (nSPS) is 11.1. The Hall–Kier alpha value is -1.35. The first kappa shape index (κ1) is 14.7. The van der Waals surface area contributed by atoms with Gasteiger partial charge in [0.1, 0.15) is 9.92 Å². The minimum Gasteiger partial charge on any atom is -0.465 e. The summed E-state index contributed by atoms with van der Waals surface area (Å²) in [4.78, 5) is 15.6. The molecule has 0 radical (unpaired) electrons. The third-order valence-electron chi connectivity index (χ3n) is 2.01. The standard InChI is InChI=1S/C9H10ClNO6S/c1-16-9(12)5-3-4-6(18(2,14)15)8(7(5)10)17-11-13/h3-4,11,13H,1-2H3. The first-order valence-electron chi connectivity index (χ1n) is 4.49. The van der Waals surface area contributed by atoms with E-state index < -0.39 is 15.8 Å². The number of rotatable bonds is 4. The lowest BCUT2D eigenvalue weighted by Gasteiger charge is -2.11. The van der Waals surface area contributed by atoms with Gasteiger partial charge in [-0.05, 0) is 17.8 Å². The van der Waals surface area contributed by atoms with Gasteiger partial charge in [-0.25, -0.2) is 13.2 Å². The van der Waals surface area contributed by atoms with E-state index >= 15 is 0 Å². The number of nitrogens with one attached hydrogen (secondary N) is 1. The third-order valence-corrected chi connectivity index (χ3v) is 3.51. The van der Waals surface area contributed by atoms with Crippen molar-refractivity contribution in [2.24, 2.45) is 0 Å². The lowest BCUT2D eigenvalue weighted by Crippen LogP contribution is -2.16. The summed E-state index contributed by atoms with van der Waals surface area (Å²) in [5.74, 6) is -1.15. The lowest BCUT2D eigenvalue weighted by atomic mass is 10.2. The molecule has 1 rings (SSSR count). The van der Waals surface area contributed by atoms with E-state index in [1.54, 1.807) is 0 Å². The minimum atomic E-state index is -3.64. The highest BCUT2D eigenvalue weighted by atomic mass is 35.5. The van der Waals surface area contributed by atoms with Gasteiger partial charge >= 0.3 is 5.97 Å². The van der Waals surface area contributed by atoms with Crippen LogP contribution in [0.3, 0.4) is 0 Å². The minimum absolute atomic E-state index is 0.0863. The van der Waals surface area contributed by atoms with Gasteiger partial charge in [0.2, 0.25) is 0 Å². The van der Waals surface area contributed by atoms with Gasteiger partial charge in [-0.3, -0.25) is 5.21 Å². The fourth-order valence-corrected chi connectivity index (χ4v) is 2.37. The molecular weight excluding hydrogens is 286 g/mol. The number of methoxy groups -OCH3 is 1. The van der Waals surface area contributed by atoms with E-state index in [0.29, 0.717) is 0 Å². The van der Waals surface area contributed by atoms with Crippen LogP contribution in [0.2, 0.25) is 5.02 Å². The van der Waals surface area contributed by atoms with Crippen LogP contribution in [0.15, 0.2) is 17.0 Å². The average molecular weight is 296 g/mol. The molecule has 7 nitrogen and oxygen atoms in total. The van der Waals surface area contributed by atoms with Crippen molar-refractivity contribution < 1.29 is 28.0 Å². The highest BCUT2D eigenvalue weighted by Gasteiger charge is 2.23. The third kappa shape index (κ3) is 2.91. The van der Waals surface area contributed by atoms with Crippen molar-refractivity contribution in [3.05, 3.63) is 22.7 Å². The van der Waals surface area contributed by atoms with E-state index in [2.05, 4.69) is 9.57 Å². The van der Waals surface area contributed by atoms with Crippen LogP contribution >= 0.6 is 11.6 Å². The van der Waals surface area contributed by atoms with E-state index in [1.165, 1.54) is 11.7 Å². The summed E-state index contributed by atoms with van der Waals surface area (Å²) < 4.78 is 27.4. The Morgan fingerprint density at radius 2 is 2.06 bits per heavy atom. The number of esters is 1. The van der Waals surface area contributed by atoms with Crippen LogP contribution in [0, 0.1) is 0 Å². The molecule has 0 aliphatic heterocycles. The molecule has 0 amide bonds. The number of sulfone groups is 1. The molecule has 0 aliphatic carbocycles. The molecular formula is C9H10ClNO6S. The molecule has 0 heterocycles. The van der Waals surface area contributed by atoms with Gasteiger partial charge in [-0.1, -0.05) is 11.6 Å². The van der Waals surface area contributed by atoms with E-state index in [0.717, 1.165) is 19.4 Å². The molecule has 9 heteroatoms. The predicted molar refractivity (Wildman–Crippen MR) is 61.5 cm³/mol. The van der Waals surface area contributed by atoms with Crippen LogP contribution in [-0.2, 0) is 14.6 Å². The van der Waals surface area contributed by atoms with Gasteiger partial charge in [0, 0.05) is 6.26 Å². The van der Waals surface area contributed by atoms with Crippen molar-refractivity contribution in [3.63, 3.8) is 0 Å². The van der Waals surface area contributed by atoms with Gasteiger partial charge in [-0.15, -0.1) is 0 Å². The number of benzene rings is 1.